The maximum Gasteiger partial charge on any atom is 0.275 e. The minimum atomic E-state index is -0.499. The van der Waals surface area contributed by atoms with Gasteiger partial charge in [0.25, 0.3) is 5.91 Å². The lowest BCUT2D eigenvalue weighted by Crippen LogP contribution is -2.17. The molecule has 2 aromatic carbocycles. The molecule has 0 aliphatic heterocycles. The third-order valence-electron chi connectivity index (χ3n) is 3.44. The zero-order chi connectivity index (χ0) is 16.2. The summed E-state index contributed by atoms with van der Waals surface area (Å²) in [6, 6.07) is 12.2. The number of phenolic OH excluding ortho intramolecular Hbond substituents is 1. The molecule has 0 atom stereocenters. The van der Waals surface area contributed by atoms with Crippen molar-refractivity contribution in [2.75, 3.05) is 7.11 Å². The van der Waals surface area contributed by atoms with Crippen LogP contribution in [-0.4, -0.2) is 29.3 Å². The molecular formula is C17H15N3O3. The molecule has 1 aromatic heterocycles. The number of ether oxygens (including phenoxy) is 1. The largest absolute Gasteiger partial charge is 0.507 e. The zero-order valence-electron chi connectivity index (χ0n) is 12.4. The molecule has 3 aromatic rings. The Morgan fingerprint density at radius 2 is 2.13 bits per heavy atom. The number of benzene rings is 2. The molecule has 0 unspecified atom stereocenters. The average molecular weight is 309 g/mol. The predicted octanol–water partition coefficient (Wildman–Crippen LogP) is 2.65. The monoisotopic (exact) mass is 309 g/mol. The summed E-state index contributed by atoms with van der Waals surface area (Å²) in [4.78, 5) is 15.1. The van der Waals surface area contributed by atoms with Crippen molar-refractivity contribution in [1.82, 2.24) is 10.4 Å². The van der Waals surface area contributed by atoms with E-state index in [4.69, 9.17) is 4.74 Å². The highest BCUT2D eigenvalue weighted by atomic mass is 16.5. The molecule has 0 aliphatic carbocycles. The second-order valence-corrected chi connectivity index (χ2v) is 4.87. The summed E-state index contributed by atoms with van der Waals surface area (Å²) in [6.45, 7) is 0. The summed E-state index contributed by atoms with van der Waals surface area (Å²) in [7, 11) is 1.49. The molecule has 6 nitrogen and oxygen atoms in total. The van der Waals surface area contributed by atoms with Crippen LogP contribution in [0, 0.1) is 0 Å². The maximum absolute atomic E-state index is 12.0. The number of rotatable bonds is 4. The fraction of sp³-hybridized carbons (Fsp3) is 0.0588. The lowest BCUT2D eigenvalue weighted by molar-refractivity contribution is 0.0952. The highest BCUT2D eigenvalue weighted by Gasteiger charge is 2.11. The van der Waals surface area contributed by atoms with Gasteiger partial charge in [0, 0.05) is 28.7 Å². The quantitative estimate of drug-likeness (QED) is 0.511. The van der Waals surface area contributed by atoms with Gasteiger partial charge in [-0.3, -0.25) is 4.79 Å². The van der Waals surface area contributed by atoms with E-state index in [1.165, 1.54) is 19.2 Å². The van der Waals surface area contributed by atoms with Crippen molar-refractivity contribution in [2.24, 2.45) is 5.10 Å². The molecule has 0 radical (unpaired) electrons. The van der Waals surface area contributed by atoms with Crippen LogP contribution in [0.3, 0.4) is 0 Å². The maximum atomic E-state index is 12.0. The Morgan fingerprint density at radius 3 is 2.91 bits per heavy atom. The highest BCUT2D eigenvalue weighted by Crippen LogP contribution is 2.23. The Kier molecular flexibility index (Phi) is 3.97. The average Bonchev–Trinajstić information content (AvgIpc) is 2.98. The number of phenols is 1. The fourth-order valence-corrected chi connectivity index (χ4v) is 2.25. The summed E-state index contributed by atoms with van der Waals surface area (Å²) in [5.41, 5.74) is 4.38. The van der Waals surface area contributed by atoms with Crippen LogP contribution in [0.15, 0.2) is 53.8 Å². The van der Waals surface area contributed by atoms with Gasteiger partial charge in [0.05, 0.1) is 18.9 Å². The van der Waals surface area contributed by atoms with E-state index in [-0.39, 0.29) is 11.3 Å². The van der Waals surface area contributed by atoms with Gasteiger partial charge in [0.1, 0.15) is 11.5 Å². The number of amides is 1. The molecule has 0 aliphatic rings. The molecule has 0 bridgehead atoms. The molecule has 1 amide bonds. The van der Waals surface area contributed by atoms with E-state index in [0.29, 0.717) is 5.75 Å². The summed E-state index contributed by atoms with van der Waals surface area (Å²) in [6.07, 6.45) is 3.36. The number of aromatic hydroxyl groups is 1. The van der Waals surface area contributed by atoms with Gasteiger partial charge in [-0.1, -0.05) is 18.2 Å². The Morgan fingerprint density at radius 1 is 1.30 bits per heavy atom. The van der Waals surface area contributed by atoms with Gasteiger partial charge in [-0.25, -0.2) is 5.43 Å². The lowest BCUT2D eigenvalue weighted by atomic mass is 10.2. The normalized spacial score (nSPS) is 11.0. The molecule has 0 saturated heterocycles. The van der Waals surface area contributed by atoms with Gasteiger partial charge in [-0.05, 0) is 18.2 Å². The number of aromatic nitrogens is 1. The van der Waals surface area contributed by atoms with Crippen LogP contribution < -0.4 is 10.2 Å². The summed E-state index contributed by atoms with van der Waals surface area (Å²) in [5, 5.41) is 14.8. The number of H-pyrrole nitrogens is 1. The van der Waals surface area contributed by atoms with Gasteiger partial charge >= 0.3 is 0 Å². The molecule has 0 saturated carbocycles. The molecule has 23 heavy (non-hydrogen) atoms. The van der Waals surface area contributed by atoms with Crippen molar-refractivity contribution in [3.8, 4) is 11.5 Å². The first-order chi connectivity index (χ1) is 11.2. The van der Waals surface area contributed by atoms with Crippen LogP contribution in [0.1, 0.15) is 15.9 Å². The topological polar surface area (TPSA) is 86.7 Å². The zero-order valence-corrected chi connectivity index (χ0v) is 12.4. The van der Waals surface area contributed by atoms with E-state index >= 15 is 0 Å². The lowest BCUT2D eigenvalue weighted by Gasteiger charge is -2.05. The third kappa shape index (κ3) is 3.01. The van der Waals surface area contributed by atoms with Crippen LogP contribution in [0.25, 0.3) is 10.9 Å². The molecule has 3 rings (SSSR count). The molecule has 6 heteroatoms. The molecule has 0 spiro atoms. The standard InChI is InChI=1S/C17H15N3O3/c1-23-12-6-7-14(16(21)8-12)17(22)20-19-10-11-9-18-15-5-3-2-4-13(11)15/h2-10,18,21H,1H3,(H,20,22)/b19-10-. The number of carbonyl (C=O) groups is 1. The van der Waals surface area contributed by atoms with Crippen LogP contribution in [0.5, 0.6) is 11.5 Å². The summed E-state index contributed by atoms with van der Waals surface area (Å²) in [5.74, 6) is -0.188. The number of carbonyl (C=O) groups excluding carboxylic acids is 1. The van der Waals surface area contributed by atoms with Crippen molar-refractivity contribution < 1.29 is 14.6 Å². The minimum absolute atomic E-state index is 0.127. The van der Waals surface area contributed by atoms with Crippen LogP contribution in [0.4, 0.5) is 0 Å². The number of methoxy groups -OCH3 is 1. The van der Waals surface area contributed by atoms with E-state index in [2.05, 4.69) is 15.5 Å². The van der Waals surface area contributed by atoms with Crippen LogP contribution in [-0.2, 0) is 0 Å². The van der Waals surface area contributed by atoms with Gasteiger partial charge in [-0.15, -0.1) is 0 Å². The molecule has 0 fully saturated rings. The first-order valence-electron chi connectivity index (χ1n) is 6.95. The Balaban J connectivity index is 1.74. The highest BCUT2D eigenvalue weighted by molar-refractivity contribution is 6.00. The Hall–Kier alpha value is -3.28. The molecule has 3 N–H and O–H groups in total. The fourth-order valence-electron chi connectivity index (χ4n) is 2.25. The first-order valence-corrected chi connectivity index (χ1v) is 6.95. The second kappa shape index (κ2) is 6.23. The smallest absolute Gasteiger partial charge is 0.275 e. The second-order valence-electron chi connectivity index (χ2n) is 4.87. The third-order valence-corrected chi connectivity index (χ3v) is 3.44. The Labute approximate surface area is 132 Å². The molecule has 1 heterocycles. The van der Waals surface area contributed by atoms with Crippen LogP contribution >= 0.6 is 0 Å². The van der Waals surface area contributed by atoms with E-state index in [1.54, 1.807) is 12.3 Å². The minimum Gasteiger partial charge on any atom is -0.507 e. The summed E-state index contributed by atoms with van der Waals surface area (Å²) >= 11 is 0. The van der Waals surface area contributed by atoms with Gasteiger partial charge in [0.2, 0.25) is 0 Å². The SMILES string of the molecule is COc1ccc(C(=O)N/N=C\c2c[nH]c3ccccc23)c(O)c1. The van der Waals surface area contributed by atoms with E-state index < -0.39 is 5.91 Å². The summed E-state index contributed by atoms with van der Waals surface area (Å²) < 4.78 is 4.98. The van der Waals surface area contributed by atoms with Crippen LogP contribution in [0.2, 0.25) is 0 Å². The molecular weight excluding hydrogens is 294 g/mol. The van der Waals surface area contributed by atoms with Gasteiger partial charge in [-0.2, -0.15) is 5.10 Å². The van der Waals surface area contributed by atoms with E-state index in [1.807, 2.05) is 30.5 Å². The number of para-hydroxylation sites is 1. The van der Waals surface area contributed by atoms with Gasteiger partial charge < -0.3 is 14.8 Å². The number of fused-ring (bicyclic) bond motifs is 1. The van der Waals surface area contributed by atoms with Crippen molar-refractivity contribution in [3.05, 3.63) is 59.8 Å². The van der Waals surface area contributed by atoms with Gasteiger partial charge in [0.15, 0.2) is 0 Å². The first kappa shape index (κ1) is 14.6. The number of hydrogen-bond acceptors (Lipinski definition) is 4. The van der Waals surface area contributed by atoms with E-state index in [9.17, 15) is 9.90 Å². The predicted molar refractivity (Wildman–Crippen MR) is 88.0 cm³/mol. The van der Waals surface area contributed by atoms with Crippen molar-refractivity contribution >= 4 is 23.0 Å². The van der Waals surface area contributed by atoms with Crippen molar-refractivity contribution in [3.63, 3.8) is 0 Å². The number of nitrogens with zero attached hydrogens (tertiary/aromatic N) is 1. The van der Waals surface area contributed by atoms with E-state index in [0.717, 1.165) is 16.5 Å². The van der Waals surface area contributed by atoms with Crippen molar-refractivity contribution in [2.45, 2.75) is 0 Å². The number of aromatic amines is 1. The Bertz CT molecular complexity index is 884. The van der Waals surface area contributed by atoms with Crippen molar-refractivity contribution in [1.29, 1.82) is 0 Å². The number of hydrazone groups is 1. The number of hydrogen-bond donors (Lipinski definition) is 3. The molecule has 116 valence electrons. The number of nitrogens with one attached hydrogen (secondary N) is 2.